The number of nitrogens with zero attached hydrogens (tertiary/aromatic N) is 3. The molecular weight excluding hydrogens is 402 g/mol. The third-order valence-corrected chi connectivity index (χ3v) is 4.39. The number of rotatable bonds is 5. The van der Waals surface area contributed by atoms with Crippen molar-refractivity contribution in [2.75, 3.05) is 53.4 Å². The summed E-state index contributed by atoms with van der Waals surface area (Å²) < 4.78 is 81.6. The summed E-state index contributed by atoms with van der Waals surface area (Å²) in [6.07, 6.45) is -9.28. The molecule has 5 nitrogen and oxygen atoms in total. The Labute approximate surface area is 165 Å². The first kappa shape index (κ1) is 23.3. The van der Waals surface area contributed by atoms with E-state index in [1.54, 1.807) is 6.07 Å². The second-order valence-electron chi connectivity index (χ2n) is 6.76. The van der Waals surface area contributed by atoms with Crippen molar-refractivity contribution in [1.82, 2.24) is 15.1 Å². The lowest BCUT2D eigenvalue weighted by molar-refractivity contribution is -0.142. The zero-order valence-corrected chi connectivity index (χ0v) is 16.1. The minimum atomic E-state index is -4.44. The largest absolute Gasteiger partial charge is 0.416 e. The minimum absolute atomic E-state index is 0.153. The molecule has 0 spiro atoms. The molecule has 29 heavy (non-hydrogen) atoms. The minimum Gasteiger partial charge on any atom is -0.370 e. The molecule has 11 heteroatoms. The summed E-state index contributed by atoms with van der Waals surface area (Å²) in [5, 5.41) is 2.99. The van der Waals surface area contributed by atoms with E-state index in [9.17, 15) is 26.3 Å². The lowest BCUT2D eigenvalue weighted by atomic mass is 10.0. The van der Waals surface area contributed by atoms with Crippen LogP contribution in [0.2, 0.25) is 0 Å². The molecule has 0 bridgehead atoms. The molecule has 1 saturated heterocycles. The number of ether oxygens (including phenoxy) is 1. The highest BCUT2D eigenvalue weighted by atomic mass is 19.4. The summed E-state index contributed by atoms with van der Waals surface area (Å²) in [5.41, 5.74) is -0.337. The molecule has 0 radical (unpaired) electrons. The van der Waals surface area contributed by atoms with Gasteiger partial charge in [0.2, 0.25) is 0 Å². The van der Waals surface area contributed by atoms with Gasteiger partial charge in [0, 0.05) is 26.7 Å². The van der Waals surface area contributed by atoms with E-state index in [0.29, 0.717) is 18.1 Å². The van der Waals surface area contributed by atoms with E-state index < -0.39 is 30.6 Å². The summed E-state index contributed by atoms with van der Waals surface area (Å²) in [6.45, 7) is 0.412. The van der Waals surface area contributed by atoms with E-state index in [1.165, 1.54) is 20.2 Å². The average molecular weight is 426 g/mol. The van der Waals surface area contributed by atoms with Gasteiger partial charge in [0.1, 0.15) is 6.10 Å². The first-order chi connectivity index (χ1) is 13.5. The predicted molar refractivity (Wildman–Crippen MR) is 96.6 cm³/mol. The molecule has 1 aliphatic heterocycles. The normalized spacial score (nSPS) is 19.0. The monoisotopic (exact) mass is 426 g/mol. The Morgan fingerprint density at radius 1 is 1.28 bits per heavy atom. The molecule has 1 fully saturated rings. The number of guanidine groups is 1. The van der Waals surface area contributed by atoms with Crippen LogP contribution < -0.4 is 5.32 Å². The number of hydrogen-bond acceptors (Lipinski definition) is 3. The summed E-state index contributed by atoms with van der Waals surface area (Å²) in [5.74, 6) is 0.464. The number of halogens is 6. The van der Waals surface area contributed by atoms with Crippen molar-refractivity contribution in [1.29, 1.82) is 0 Å². The van der Waals surface area contributed by atoms with Gasteiger partial charge in [-0.2, -0.15) is 26.3 Å². The molecule has 1 atom stereocenters. The number of alkyl halides is 6. The SMILES string of the molecule is CN=C(NCCN(C)CC(F)(F)F)N1CCOC(c2cccc(C(F)(F)F)c2)C1. The van der Waals surface area contributed by atoms with Crippen LogP contribution >= 0.6 is 0 Å². The molecule has 0 saturated carbocycles. The fourth-order valence-electron chi connectivity index (χ4n) is 3.03. The number of nitrogens with one attached hydrogen (secondary N) is 1. The van der Waals surface area contributed by atoms with Gasteiger partial charge in [-0.15, -0.1) is 0 Å². The van der Waals surface area contributed by atoms with Crippen LogP contribution in [0.15, 0.2) is 29.3 Å². The van der Waals surface area contributed by atoms with Gasteiger partial charge in [-0.1, -0.05) is 12.1 Å². The summed E-state index contributed by atoms with van der Waals surface area (Å²) >= 11 is 0. The van der Waals surface area contributed by atoms with E-state index in [4.69, 9.17) is 4.74 Å². The predicted octanol–water partition coefficient (Wildman–Crippen LogP) is 3.15. The van der Waals surface area contributed by atoms with Gasteiger partial charge in [0.05, 0.1) is 25.3 Å². The Bertz CT molecular complexity index is 692. The molecule has 1 aromatic carbocycles. The molecule has 1 unspecified atom stereocenters. The number of likely N-dealkylation sites (N-methyl/N-ethyl adjacent to an activating group) is 1. The number of hydrogen-bond donors (Lipinski definition) is 1. The van der Waals surface area contributed by atoms with Crippen LogP contribution in [0.5, 0.6) is 0 Å². The van der Waals surface area contributed by atoms with Crippen molar-refractivity contribution in [2.24, 2.45) is 4.99 Å². The molecular formula is C18H24F6N4O. The maximum absolute atomic E-state index is 12.9. The van der Waals surface area contributed by atoms with Crippen molar-refractivity contribution in [3.63, 3.8) is 0 Å². The molecule has 1 aromatic rings. The smallest absolute Gasteiger partial charge is 0.370 e. The summed E-state index contributed by atoms with van der Waals surface area (Å²) in [4.78, 5) is 7.08. The summed E-state index contributed by atoms with van der Waals surface area (Å²) in [7, 11) is 2.91. The number of aliphatic imine (C=N–C) groups is 1. The molecule has 164 valence electrons. The second-order valence-corrected chi connectivity index (χ2v) is 6.76. The van der Waals surface area contributed by atoms with Gasteiger partial charge >= 0.3 is 12.4 Å². The van der Waals surface area contributed by atoms with Crippen LogP contribution in [0.25, 0.3) is 0 Å². The third-order valence-electron chi connectivity index (χ3n) is 4.39. The third kappa shape index (κ3) is 7.39. The molecule has 0 amide bonds. The lowest BCUT2D eigenvalue weighted by Gasteiger charge is -2.35. The van der Waals surface area contributed by atoms with E-state index >= 15 is 0 Å². The topological polar surface area (TPSA) is 40.1 Å². The average Bonchev–Trinajstić information content (AvgIpc) is 2.63. The Morgan fingerprint density at radius 3 is 2.62 bits per heavy atom. The Morgan fingerprint density at radius 2 is 2.00 bits per heavy atom. The Balaban J connectivity index is 1.95. The van der Waals surface area contributed by atoms with E-state index in [1.807, 2.05) is 4.90 Å². The highest BCUT2D eigenvalue weighted by Gasteiger charge is 2.32. The van der Waals surface area contributed by atoms with Gasteiger partial charge in [-0.3, -0.25) is 9.89 Å². The van der Waals surface area contributed by atoms with Crippen LogP contribution in [-0.4, -0.2) is 75.4 Å². The first-order valence-corrected chi connectivity index (χ1v) is 8.99. The first-order valence-electron chi connectivity index (χ1n) is 8.99. The zero-order chi connectivity index (χ0) is 21.7. The zero-order valence-electron chi connectivity index (χ0n) is 16.1. The van der Waals surface area contributed by atoms with Crippen LogP contribution in [0.4, 0.5) is 26.3 Å². The Hall–Kier alpha value is -2.01. The standard InChI is InChI=1S/C18H24F6N4O/c1-25-16(26-6-7-27(2)12-17(19,20)21)28-8-9-29-15(11-28)13-4-3-5-14(10-13)18(22,23)24/h3-5,10,15H,6-9,11-12H2,1-2H3,(H,25,26). The molecule has 0 aliphatic carbocycles. The van der Waals surface area contributed by atoms with Gasteiger partial charge in [-0.05, 0) is 24.7 Å². The quantitative estimate of drug-likeness (QED) is 0.446. The van der Waals surface area contributed by atoms with Gasteiger partial charge in [0.25, 0.3) is 0 Å². The van der Waals surface area contributed by atoms with Gasteiger partial charge < -0.3 is 15.0 Å². The fourth-order valence-corrected chi connectivity index (χ4v) is 3.03. The molecule has 1 heterocycles. The van der Waals surface area contributed by atoms with Crippen molar-refractivity contribution in [3.8, 4) is 0 Å². The lowest BCUT2D eigenvalue weighted by Crippen LogP contribution is -2.49. The Kier molecular flexibility index (Phi) is 7.75. The molecule has 1 N–H and O–H groups in total. The number of benzene rings is 1. The molecule has 1 aliphatic rings. The van der Waals surface area contributed by atoms with E-state index in [2.05, 4.69) is 10.3 Å². The summed E-state index contributed by atoms with van der Waals surface area (Å²) in [6, 6.07) is 4.98. The van der Waals surface area contributed by atoms with Gasteiger partial charge in [-0.25, -0.2) is 0 Å². The van der Waals surface area contributed by atoms with Crippen molar-refractivity contribution in [2.45, 2.75) is 18.5 Å². The molecule has 2 rings (SSSR count). The van der Waals surface area contributed by atoms with Crippen molar-refractivity contribution in [3.05, 3.63) is 35.4 Å². The highest BCUT2D eigenvalue weighted by molar-refractivity contribution is 5.80. The van der Waals surface area contributed by atoms with E-state index in [-0.39, 0.29) is 26.2 Å². The van der Waals surface area contributed by atoms with Crippen LogP contribution in [0.1, 0.15) is 17.2 Å². The van der Waals surface area contributed by atoms with Crippen LogP contribution in [0, 0.1) is 0 Å². The fraction of sp³-hybridized carbons (Fsp3) is 0.611. The maximum Gasteiger partial charge on any atom is 0.416 e. The van der Waals surface area contributed by atoms with Crippen LogP contribution in [0.3, 0.4) is 0 Å². The van der Waals surface area contributed by atoms with Crippen molar-refractivity contribution < 1.29 is 31.1 Å². The van der Waals surface area contributed by atoms with Crippen molar-refractivity contribution >= 4 is 5.96 Å². The second kappa shape index (κ2) is 9.66. The molecule has 0 aromatic heterocycles. The number of morpholine rings is 1. The van der Waals surface area contributed by atoms with E-state index in [0.717, 1.165) is 17.0 Å². The van der Waals surface area contributed by atoms with Gasteiger partial charge in [0.15, 0.2) is 5.96 Å². The maximum atomic E-state index is 12.9. The highest BCUT2D eigenvalue weighted by Crippen LogP contribution is 2.32. The van der Waals surface area contributed by atoms with Crippen LogP contribution in [-0.2, 0) is 10.9 Å².